The van der Waals surface area contributed by atoms with Crippen LogP contribution in [0.4, 0.5) is 5.82 Å². The van der Waals surface area contributed by atoms with Gasteiger partial charge in [-0.3, -0.25) is 4.79 Å². The summed E-state index contributed by atoms with van der Waals surface area (Å²) in [7, 11) is 0. The summed E-state index contributed by atoms with van der Waals surface area (Å²) < 4.78 is 0. The quantitative estimate of drug-likeness (QED) is 0.648. The van der Waals surface area contributed by atoms with Gasteiger partial charge in [-0.05, 0) is 35.7 Å². The van der Waals surface area contributed by atoms with Crippen molar-refractivity contribution in [3.8, 4) is 11.3 Å². The molecule has 1 saturated carbocycles. The Bertz CT molecular complexity index is 1010. The van der Waals surface area contributed by atoms with E-state index in [2.05, 4.69) is 74.6 Å². The molecule has 2 aromatic carbocycles. The lowest BCUT2D eigenvalue weighted by Crippen LogP contribution is -2.50. The molecule has 5 heteroatoms. The summed E-state index contributed by atoms with van der Waals surface area (Å²) in [5.74, 6) is 1.51. The van der Waals surface area contributed by atoms with Gasteiger partial charge in [0.05, 0.1) is 5.69 Å². The molecule has 1 aromatic heterocycles. The van der Waals surface area contributed by atoms with E-state index in [9.17, 15) is 4.79 Å². The molecule has 2 fully saturated rings. The number of nitrogens with zero attached hydrogens (tertiary/aromatic N) is 4. The predicted octanol–water partition coefficient (Wildman–Crippen LogP) is 4.53. The Balaban J connectivity index is 1.26. The van der Waals surface area contributed by atoms with Crippen LogP contribution in [0, 0.1) is 5.92 Å². The molecule has 0 atom stereocenters. The maximum Gasteiger partial charge on any atom is 0.225 e. The SMILES string of the molecule is O=C(C1CCCCC1)N1CCN(c2ccc(-c3cccc4ccccc34)nn2)CC1. The highest BCUT2D eigenvalue weighted by molar-refractivity contribution is 5.95. The fourth-order valence-corrected chi connectivity index (χ4v) is 4.85. The lowest BCUT2D eigenvalue weighted by atomic mass is 9.88. The standard InChI is InChI=1S/C25H28N4O/c30-25(20-8-2-1-3-9-20)29-17-15-28(16-18-29)24-14-13-23(26-27-24)22-12-6-10-19-7-4-5-11-21(19)22/h4-7,10-14,20H,1-3,8-9,15-18H2. The van der Waals surface area contributed by atoms with Gasteiger partial charge < -0.3 is 9.80 Å². The zero-order valence-electron chi connectivity index (χ0n) is 17.3. The Morgan fingerprint density at radius 2 is 1.57 bits per heavy atom. The van der Waals surface area contributed by atoms with Crippen LogP contribution < -0.4 is 4.90 Å². The zero-order chi connectivity index (χ0) is 20.3. The largest absolute Gasteiger partial charge is 0.352 e. The number of rotatable bonds is 3. The van der Waals surface area contributed by atoms with Gasteiger partial charge in [0.15, 0.2) is 5.82 Å². The molecular weight excluding hydrogens is 372 g/mol. The van der Waals surface area contributed by atoms with Gasteiger partial charge >= 0.3 is 0 Å². The molecule has 1 aliphatic carbocycles. The summed E-state index contributed by atoms with van der Waals surface area (Å²) in [6.45, 7) is 3.20. The van der Waals surface area contributed by atoms with Gasteiger partial charge in [-0.2, -0.15) is 0 Å². The maximum atomic E-state index is 12.8. The Labute approximate surface area is 177 Å². The minimum absolute atomic E-state index is 0.255. The molecule has 0 bridgehead atoms. The molecule has 2 heterocycles. The van der Waals surface area contributed by atoms with Gasteiger partial charge in [-0.25, -0.2) is 0 Å². The highest BCUT2D eigenvalue weighted by Crippen LogP contribution is 2.28. The first kappa shape index (κ1) is 19.0. The Morgan fingerprint density at radius 1 is 0.800 bits per heavy atom. The molecular formula is C25H28N4O. The van der Waals surface area contributed by atoms with Crippen molar-refractivity contribution in [2.24, 2.45) is 5.92 Å². The van der Waals surface area contributed by atoms with Crippen molar-refractivity contribution in [2.45, 2.75) is 32.1 Å². The third-order valence-electron chi connectivity index (χ3n) is 6.59. The van der Waals surface area contributed by atoms with E-state index in [1.54, 1.807) is 0 Å². The smallest absolute Gasteiger partial charge is 0.225 e. The van der Waals surface area contributed by atoms with Gasteiger partial charge in [0.25, 0.3) is 0 Å². The van der Waals surface area contributed by atoms with E-state index >= 15 is 0 Å². The molecule has 0 N–H and O–H groups in total. The van der Waals surface area contributed by atoms with Crippen LogP contribution in [0.3, 0.4) is 0 Å². The van der Waals surface area contributed by atoms with Crippen LogP contribution in [-0.2, 0) is 4.79 Å². The number of fused-ring (bicyclic) bond motifs is 1. The van der Waals surface area contributed by atoms with Crippen molar-refractivity contribution in [2.75, 3.05) is 31.1 Å². The molecule has 1 saturated heterocycles. The third-order valence-corrected chi connectivity index (χ3v) is 6.59. The van der Waals surface area contributed by atoms with Gasteiger partial charge in [0, 0.05) is 37.7 Å². The Morgan fingerprint density at radius 3 is 2.33 bits per heavy atom. The molecule has 1 amide bonds. The number of carbonyl (C=O) groups excluding carboxylic acids is 1. The van der Waals surface area contributed by atoms with Crippen LogP contribution >= 0.6 is 0 Å². The summed E-state index contributed by atoms with van der Waals surface area (Å²) in [6, 6.07) is 18.8. The Kier molecular flexibility index (Phi) is 5.35. The second-order valence-electron chi connectivity index (χ2n) is 8.45. The number of carbonyl (C=O) groups is 1. The van der Waals surface area contributed by atoms with E-state index < -0.39 is 0 Å². The summed E-state index contributed by atoms with van der Waals surface area (Å²) >= 11 is 0. The van der Waals surface area contributed by atoms with Gasteiger partial charge in [-0.15, -0.1) is 10.2 Å². The van der Waals surface area contributed by atoms with Crippen molar-refractivity contribution in [3.05, 3.63) is 54.6 Å². The van der Waals surface area contributed by atoms with Crippen molar-refractivity contribution < 1.29 is 4.79 Å². The maximum absolute atomic E-state index is 12.8. The minimum atomic E-state index is 0.255. The summed E-state index contributed by atoms with van der Waals surface area (Å²) in [4.78, 5) is 17.1. The van der Waals surface area contributed by atoms with E-state index in [0.717, 1.165) is 56.1 Å². The van der Waals surface area contributed by atoms with Crippen molar-refractivity contribution in [1.29, 1.82) is 0 Å². The van der Waals surface area contributed by atoms with E-state index in [-0.39, 0.29) is 5.92 Å². The van der Waals surface area contributed by atoms with E-state index in [0.29, 0.717) is 5.91 Å². The second-order valence-corrected chi connectivity index (χ2v) is 8.45. The number of amides is 1. The van der Waals surface area contributed by atoms with E-state index in [1.165, 1.54) is 30.0 Å². The average molecular weight is 401 g/mol. The molecule has 30 heavy (non-hydrogen) atoms. The normalized spacial score (nSPS) is 18.0. The summed E-state index contributed by atoms with van der Waals surface area (Å²) in [5, 5.41) is 11.4. The fourth-order valence-electron chi connectivity index (χ4n) is 4.85. The number of anilines is 1. The molecule has 3 aromatic rings. The first-order valence-corrected chi connectivity index (χ1v) is 11.2. The molecule has 154 valence electrons. The summed E-state index contributed by atoms with van der Waals surface area (Å²) in [6.07, 6.45) is 5.83. The molecule has 0 radical (unpaired) electrons. The number of aromatic nitrogens is 2. The van der Waals surface area contributed by atoms with Crippen molar-refractivity contribution in [1.82, 2.24) is 15.1 Å². The minimum Gasteiger partial charge on any atom is -0.352 e. The fraction of sp³-hybridized carbons (Fsp3) is 0.400. The topological polar surface area (TPSA) is 49.3 Å². The monoisotopic (exact) mass is 400 g/mol. The first-order valence-electron chi connectivity index (χ1n) is 11.2. The number of piperazine rings is 1. The predicted molar refractivity (Wildman–Crippen MR) is 120 cm³/mol. The lowest BCUT2D eigenvalue weighted by molar-refractivity contribution is -0.136. The molecule has 1 aliphatic heterocycles. The summed E-state index contributed by atoms with van der Waals surface area (Å²) in [5.41, 5.74) is 2.00. The van der Waals surface area contributed by atoms with Crippen molar-refractivity contribution >= 4 is 22.5 Å². The average Bonchev–Trinajstić information content (AvgIpc) is 2.84. The van der Waals surface area contributed by atoms with Crippen LogP contribution in [0.15, 0.2) is 54.6 Å². The van der Waals surface area contributed by atoms with Gasteiger partial charge in [0.2, 0.25) is 5.91 Å². The van der Waals surface area contributed by atoms with E-state index in [4.69, 9.17) is 0 Å². The van der Waals surface area contributed by atoms with Crippen LogP contribution in [0.2, 0.25) is 0 Å². The van der Waals surface area contributed by atoms with E-state index in [1.807, 2.05) is 0 Å². The number of hydrogen-bond donors (Lipinski definition) is 0. The van der Waals surface area contributed by atoms with Gasteiger partial charge in [0.1, 0.15) is 0 Å². The first-order chi connectivity index (χ1) is 14.8. The van der Waals surface area contributed by atoms with Crippen LogP contribution in [0.1, 0.15) is 32.1 Å². The highest BCUT2D eigenvalue weighted by Gasteiger charge is 2.28. The Hall–Kier alpha value is -2.95. The molecule has 0 unspecified atom stereocenters. The lowest BCUT2D eigenvalue weighted by Gasteiger charge is -2.37. The molecule has 5 nitrogen and oxygen atoms in total. The third kappa shape index (κ3) is 3.76. The van der Waals surface area contributed by atoms with Gasteiger partial charge in [-0.1, -0.05) is 61.7 Å². The van der Waals surface area contributed by atoms with Crippen molar-refractivity contribution in [3.63, 3.8) is 0 Å². The number of hydrogen-bond acceptors (Lipinski definition) is 4. The molecule has 2 aliphatic rings. The number of benzene rings is 2. The van der Waals surface area contributed by atoms with Crippen LogP contribution in [-0.4, -0.2) is 47.2 Å². The highest BCUT2D eigenvalue weighted by atomic mass is 16.2. The second kappa shape index (κ2) is 8.42. The molecule has 0 spiro atoms. The van der Waals surface area contributed by atoms with Crippen LogP contribution in [0.5, 0.6) is 0 Å². The molecule has 5 rings (SSSR count). The zero-order valence-corrected chi connectivity index (χ0v) is 17.3. The van der Waals surface area contributed by atoms with Crippen LogP contribution in [0.25, 0.3) is 22.0 Å².